The Morgan fingerprint density at radius 2 is 1.70 bits per heavy atom. The zero-order valence-electron chi connectivity index (χ0n) is 6.89. The summed E-state index contributed by atoms with van der Waals surface area (Å²) < 4.78 is 0. The second-order valence-corrected chi connectivity index (χ2v) is 4.11. The Hall–Kier alpha value is -0.420. The molecule has 0 aliphatic rings. The van der Waals surface area contributed by atoms with E-state index in [9.17, 15) is 0 Å². The molecule has 54 valence electrons. The van der Waals surface area contributed by atoms with Crippen molar-refractivity contribution >= 4 is 8.19 Å². The number of nitrogens with zero attached hydrogens (tertiary/aromatic N) is 1. The van der Waals surface area contributed by atoms with E-state index >= 15 is 0 Å². The maximum atomic E-state index is 4.38. The monoisotopic (exact) mass is 153 g/mol. The Morgan fingerprint density at radius 3 is 2.20 bits per heavy atom. The molecule has 1 aromatic rings. The lowest BCUT2D eigenvalue weighted by Crippen LogP contribution is -1.88. The minimum absolute atomic E-state index is 1.17. The van der Waals surface area contributed by atoms with Crippen molar-refractivity contribution in [1.29, 1.82) is 0 Å². The highest BCUT2D eigenvalue weighted by atomic mass is 31.0. The van der Waals surface area contributed by atoms with Crippen molar-refractivity contribution in [1.82, 2.24) is 4.98 Å². The van der Waals surface area contributed by atoms with Gasteiger partial charge in [-0.1, -0.05) is 0 Å². The molecule has 1 nitrogen and oxygen atoms in total. The number of aryl methyl sites for hydroxylation is 3. The van der Waals surface area contributed by atoms with Gasteiger partial charge in [-0.15, -0.1) is 0 Å². The van der Waals surface area contributed by atoms with E-state index in [1.807, 2.05) is 0 Å². The smallest absolute Gasteiger partial charge is 0.0646 e. The standard InChI is InChI=1S/C8H12NP/c1-5-6(2)9-8(4)10-7(5)3/h1-4H3. The highest BCUT2D eigenvalue weighted by molar-refractivity contribution is 7.31. The van der Waals surface area contributed by atoms with Crippen molar-refractivity contribution in [2.75, 3.05) is 0 Å². The normalized spacial score (nSPS) is 10.8. The minimum atomic E-state index is 1.17. The predicted molar refractivity (Wildman–Crippen MR) is 45.7 cm³/mol. The van der Waals surface area contributed by atoms with Gasteiger partial charge in [0.15, 0.2) is 0 Å². The first kappa shape index (κ1) is 7.68. The molecule has 0 fully saturated rings. The van der Waals surface area contributed by atoms with Crippen molar-refractivity contribution in [3.63, 3.8) is 0 Å². The maximum Gasteiger partial charge on any atom is 0.0646 e. The molecule has 0 radical (unpaired) electrons. The average Bonchev–Trinajstić information content (AvgIpc) is 1.82. The van der Waals surface area contributed by atoms with Crippen LogP contribution in [0.2, 0.25) is 0 Å². The fourth-order valence-corrected chi connectivity index (χ4v) is 1.95. The van der Waals surface area contributed by atoms with Crippen LogP contribution in [0.25, 0.3) is 0 Å². The summed E-state index contributed by atoms with van der Waals surface area (Å²) in [5.74, 6) is 0. The summed E-state index contributed by atoms with van der Waals surface area (Å²) in [5, 5.41) is 1.44. The van der Waals surface area contributed by atoms with Gasteiger partial charge < -0.3 is 0 Å². The van der Waals surface area contributed by atoms with E-state index in [0.29, 0.717) is 0 Å². The largest absolute Gasteiger partial charge is 0.253 e. The van der Waals surface area contributed by atoms with E-state index < -0.39 is 0 Å². The number of hydrogen-bond acceptors (Lipinski definition) is 1. The molecule has 0 aliphatic heterocycles. The van der Waals surface area contributed by atoms with Gasteiger partial charge in [0, 0.05) is 5.69 Å². The lowest BCUT2D eigenvalue weighted by molar-refractivity contribution is 1.12. The summed E-state index contributed by atoms with van der Waals surface area (Å²) in [5.41, 5.74) is 3.74. The van der Waals surface area contributed by atoms with E-state index in [0.717, 1.165) is 0 Å². The van der Waals surface area contributed by atoms with Gasteiger partial charge in [-0.3, -0.25) is 4.98 Å². The molecule has 0 N–H and O–H groups in total. The summed E-state index contributed by atoms with van der Waals surface area (Å²) in [4.78, 5) is 4.38. The minimum Gasteiger partial charge on any atom is -0.253 e. The fourth-order valence-electron chi connectivity index (χ4n) is 0.940. The van der Waals surface area contributed by atoms with Crippen molar-refractivity contribution in [3.8, 4) is 0 Å². The Balaban J connectivity index is 3.31. The number of rotatable bonds is 0. The second kappa shape index (κ2) is 2.67. The average molecular weight is 153 g/mol. The van der Waals surface area contributed by atoms with Crippen LogP contribution in [0.15, 0.2) is 0 Å². The third-order valence-corrected chi connectivity index (χ3v) is 2.84. The summed E-state index contributed by atoms with van der Waals surface area (Å²) in [6.07, 6.45) is 0. The molecule has 10 heavy (non-hydrogen) atoms. The lowest BCUT2D eigenvalue weighted by Gasteiger charge is -2.02. The van der Waals surface area contributed by atoms with E-state index in [1.165, 1.54) is 30.2 Å². The van der Waals surface area contributed by atoms with Gasteiger partial charge in [-0.2, -0.15) is 0 Å². The Morgan fingerprint density at radius 1 is 1.10 bits per heavy atom. The summed E-state index contributed by atoms with van der Waals surface area (Å²) >= 11 is 0. The predicted octanol–water partition coefficient (Wildman–Crippen LogP) is 2.90. The van der Waals surface area contributed by atoms with Crippen LogP contribution in [0.3, 0.4) is 0 Å². The topological polar surface area (TPSA) is 12.9 Å². The summed E-state index contributed by atoms with van der Waals surface area (Å²) in [6.45, 7) is 8.43. The molecule has 1 rings (SSSR count). The van der Waals surface area contributed by atoms with E-state index in [1.54, 1.807) is 0 Å². The first-order valence-electron chi connectivity index (χ1n) is 3.39. The van der Waals surface area contributed by atoms with Crippen molar-refractivity contribution < 1.29 is 0 Å². The first-order chi connectivity index (χ1) is 4.61. The van der Waals surface area contributed by atoms with Crippen LogP contribution < -0.4 is 0 Å². The van der Waals surface area contributed by atoms with E-state index in [2.05, 4.69) is 32.7 Å². The van der Waals surface area contributed by atoms with Crippen LogP contribution in [-0.4, -0.2) is 4.98 Å². The number of aromatic nitrogens is 1. The van der Waals surface area contributed by atoms with Crippen LogP contribution in [0.4, 0.5) is 0 Å². The van der Waals surface area contributed by atoms with E-state index in [4.69, 9.17) is 0 Å². The summed E-state index contributed by atoms with van der Waals surface area (Å²) in [6, 6.07) is 0. The van der Waals surface area contributed by atoms with Crippen LogP contribution in [0, 0.1) is 27.7 Å². The fraction of sp³-hybridized carbons (Fsp3) is 0.500. The van der Waals surface area contributed by atoms with Gasteiger partial charge in [0.2, 0.25) is 0 Å². The molecular weight excluding hydrogens is 141 g/mol. The second-order valence-electron chi connectivity index (χ2n) is 2.57. The maximum absolute atomic E-state index is 4.38. The molecule has 0 saturated carbocycles. The highest BCUT2D eigenvalue weighted by Crippen LogP contribution is 2.21. The lowest BCUT2D eigenvalue weighted by atomic mass is 10.2. The molecule has 0 saturated heterocycles. The van der Waals surface area contributed by atoms with Crippen molar-refractivity contribution in [2.45, 2.75) is 27.7 Å². The molecule has 0 unspecified atom stereocenters. The third kappa shape index (κ3) is 1.35. The first-order valence-corrected chi connectivity index (χ1v) is 4.29. The van der Waals surface area contributed by atoms with Gasteiger partial charge in [0.25, 0.3) is 0 Å². The molecule has 0 amide bonds. The molecule has 0 aliphatic carbocycles. The SMILES string of the molecule is Cc1nc(C)c(C)c(C)p1. The molecule has 0 atom stereocenters. The zero-order chi connectivity index (χ0) is 7.72. The molecule has 1 heterocycles. The van der Waals surface area contributed by atoms with Gasteiger partial charge >= 0.3 is 0 Å². The van der Waals surface area contributed by atoms with Gasteiger partial charge in [0.1, 0.15) is 0 Å². The summed E-state index contributed by atoms with van der Waals surface area (Å²) in [7, 11) is 1.29. The molecule has 2 heteroatoms. The van der Waals surface area contributed by atoms with Gasteiger partial charge in [-0.25, -0.2) is 0 Å². The van der Waals surface area contributed by atoms with Crippen molar-refractivity contribution in [2.24, 2.45) is 0 Å². The highest BCUT2D eigenvalue weighted by Gasteiger charge is 1.98. The van der Waals surface area contributed by atoms with Gasteiger partial charge in [-0.05, 0) is 46.7 Å². The molecule has 0 spiro atoms. The Bertz CT molecular complexity index is 232. The quantitative estimate of drug-likeness (QED) is 0.558. The van der Waals surface area contributed by atoms with E-state index in [-0.39, 0.29) is 0 Å². The van der Waals surface area contributed by atoms with Crippen LogP contribution in [-0.2, 0) is 0 Å². The van der Waals surface area contributed by atoms with Crippen molar-refractivity contribution in [3.05, 3.63) is 22.0 Å². The van der Waals surface area contributed by atoms with Crippen LogP contribution >= 0.6 is 8.19 Å². The Kier molecular flexibility index (Phi) is 2.05. The number of hydrogen-bond donors (Lipinski definition) is 0. The molecule has 0 aromatic carbocycles. The molecule has 1 aromatic heterocycles. The third-order valence-electron chi connectivity index (χ3n) is 1.74. The van der Waals surface area contributed by atoms with Crippen LogP contribution in [0.1, 0.15) is 22.0 Å². The Labute approximate surface area is 63.6 Å². The van der Waals surface area contributed by atoms with Crippen LogP contribution in [0.5, 0.6) is 0 Å². The molecular formula is C8H12NP. The zero-order valence-corrected chi connectivity index (χ0v) is 7.79. The molecule has 0 bridgehead atoms. The van der Waals surface area contributed by atoms with Gasteiger partial charge in [0.05, 0.1) is 5.43 Å².